The van der Waals surface area contributed by atoms with Gasteiger partial charge in [-0.15, -0.1) is 0 Å². The maximum atomic E-state index is 13.4. The monoisotopic (exact) mass is 1590 g/mol. The molecule has 9 aliphatic heterocycles. The number of benzene rings is 4. The second kappa shape index (κ2) is 35.0. The molecule has 10 aliphatic rings. The van der Waals surface area contributed by atoms with Gasteiger partial charge in [0, 0.05) is 252 Å². The molecule has 6 amide bonds. The summed E-state index contributed by atoms with van der Waals surface area (Å²) in [4.78, 5) is 166. The predicted molar refractivity (Wildman–Crippen MR) is 435 cm³/mol. The first-order valence-electron chi connectivity index (χ1n) is 40.7. The molecular formula is C83H95N21O13. The highest BCUT2D eigenvalue weighted by atomic mass is 16.6. The van der Waals surface area contributed by atoms with Gasteiger partial charge in [-0.25, -0.2) is 9.97 Å². The van der Waals surface area contributed by atoms with E-state index in [9.17, 15) is 63.4 Å². The Morgan fingerprint density at radius 3 is 1.36 bits per heavy atom. The van der Waals surface area contributed by atoms with E-state index in [1.807, 2.05) is 36.4 Å². The number of nitro benzene ring substituents is 2. The van der Waals surface area contributed by atoms with Crippen LogP contribution in [0.5, 0.6) is 0 Å². The van der Waals surface area contributed by atoms with Gasteiger partial charge in [-0.3, -0.25) is 103 Å². The minimum Gasteiger partial charge on any atom is -0.371 e. The number of aldehydes is 1. The van der Waals surface area contributed by atoms with Crippen LogP contribution in [0, 0.1) is 32.1 Å². The van der Waals surface area contributed by atoms with Crippen molar-refractivity contribution in [2.24, 2.45) is 11.8 Å². The summed E-state index contributed by atoms with van der Waals surface area (Å²) in [5, 5.41) is 44.5. The van der Waals surface area contributed by atoms with Crippen molar-refractivity contribution in [1.82, 2.24) is 75.3 Å². The maximum Gasteiger partial charge on any atom is 0.270 e. The van der Waals surface area contributed by atoms with Crippen molar-refractivity contribution in [2.75, 3.05) is 183 Å². The zero-order valence-electron chi connectivity index (χ0n) is 65.2. The van der Waals surface area contributed by atoms with Crippen molar-refractivity contribution in [2.45, 2.75) is 69.9 Å². The molecule has 0 radical (unpaired) electrons. The summed E-state index contributed by atoms with van der Waals surface area (Å²) in [5.74, 6) is -0.870. The Kier molecular flexibility index (Phi) is 23.7. The van der Waals surface area contributed by atoms with Crippen molar-refractivity contribution in [3.8, 4) is 22.5 Å². The number of carbonyl (C=O) groups is 9. The Bertz CT molecular complexity index is 5140. The zero-order chi connectivity index (χ0) is 81.0. The smallest absolute Gasteiger partial charge is 0.270 e. The highest BCUT2D eigenvalue weighted by molar-refractivity contribution is 6.25. The summed E-state index contributed by atoms with van der Waals surface area (Å²) < 4.78 is 0. The van der Waals surface area contributed by atoms with Gasteiger partial charge in [0.1, 0.15) is 41.1 Å². The highest BCUT2D eigenvalue weighted by Crippen LogP contribution is 2.38. The number of nitrogens with zero attached hydrogens (tertiary/aromatic N) is 17. The SMILES string of the molecule is O=C1CCC(N2C(=O)c3ccc(N4CCC(CN5CCN(CCN6CCN(c7cc(-c8n[nH]c9ccc([N+](=O)[O-])cc89)ccn7)CC6)CC5)CC4)cc3C2=O)C(=O)C1.O=CC1CCN(c2ccc3c(c2)C(=O)N(C2CCC(=O)NC2=O)C3=O)CC1.O=[N+]([O-])c1ccc2[nH]nc(-c3ccnc(N4CCN(CCN5CCNCC5)CC4)c3)c2c1. The number of imide groups is 3. The normalized spacial score (nSPS) is 21.2. The minimum atomic E-state index is -0.957. The minimum absolute atomic E-state index is 0.0391. The molecule has 1 aliphatic carbocycles. The van der Waals surface area contributed by atoms with Gasteiger partial charge in [0.15, 0.2) is 5.78 Å². The van der Waals surface area contributed by atoms with E-state index in [0.29, 0.717) is 41.5 Å². The number of nitrogens with one attached hydrogen (secondary N) is 4. The number of aromatic amines is 2. The predicted octanol–water partition coefficient (Wildman–Crippen LogP) is 5.54. The van der Waals surface area contributed by atoms with Gasteiger partial charge in [-0.05, 0) is 117 Å². The first-order chi connectivity index (χ1) is 56.8. The standard InChI is InChI=1S/C42H48N10O6.C22H28N8O2.C19H19N3O5/c53-32-3-6-37(38(54)26-32)51-41(55)33-4-1-30(24-34(33)42(51)56)49-11-8-28(9-12-49)27-48-17-15-46(16-18-48)13-14-47-19-21-50(22-20-47)39-23-29(7-10-43-39)40-35-25-31(52(57)58)2-5-36(35)44-45-40;31-30(32)18-1-2-20-19(16-18)22(26-25-20)17-3-4-24-21(15-17)29-13-11-28(12-14-29)10-9-27-7-5-23-6-8-27;23-10-11-5-7-21(8-6-11)12-1-2-13-14(9-12)19(27)22(18(13)26)15-3-4-16(24)20-17(15)25/h1-2,4-5,7,10,23-25,28,37H,3,6,8-9,11-22,26-27H2,(H,44,45);1-4,15-16,23H,5-14H2,(H,25,26);1-2,9-11,15H,3-8H2,(H,20,24,25). The van der Waals surface area contributed by atoms with Gasteiger partial charge < -0.3 is 34.6 Å². The van der Waals surface area contributed by atoms with Gasteiger partial charge in [0.2, 0.25) is 11.8 Å². The number of carbonyl (C=O) groups excluding carboxylic acids is 9. The summed E-state index contributed by atoms with van der Waals surface area (Å²) in [5.41, 5.74) is 7.81. The molecule has 8 aromatic rings. The first-order valence-corrected chi connectivity index (χ1v) is 40.7. The lowest BCUT2D eigenvalue weighted by Crippen LogP contribution is -2.54. The molecule has 0 spiro atoms. The van der Waals surface area contributed by atoms with E-state index in [4.69, 9.17) is 0 Å². The number of non-ortho nitro benzene ring substituents is 2. The molecule has 34 nitrogen and oxygen atoms in total. The van der Waals surface area contributed by atoms with Crippen LogP contribution in [0.2, 0.25) is 0 Å². The number of rotatable bonds is 19. The lowest BCUT2D eigenvalue weighted by Gasteiger charge is -2.40. The molecule has 610 valence electrons. The summed E-state index contributed by atoms with van der Waals surface area (Å²) in [6.07, 6.45) is 8.66. The molecule has 4 aromatic carbocycles. The van der Waals surface area contributed by atoms with E-state index >= 15 is 0 Å². The number of fused-ring (bicyclic) bond motifs is 4. The van der Waals surface area contributed by atoms with Crippen LogP contribution in [0.25, 0.3) is 44.3 Å². The van der Waals surface area contributed by atoms with Crippen molar-refractivity contribution < 1.29 is 53.0 Å². The molecule has 2 atom stereocenters. The number of hydrogen-bond donors (Lipinski definition) is 4. The Labute approximate surface area is 674 Å². The Hall–Kier alpha value is -11.7. The second-order valence-corrected chi connectivity index (χ2v) is 31.8. The average Bonchev–Trinajstić information content (AvgIpc) is 1.61. The molecule has 4 N–H and O–H groups in total. The number of piperazine rings is 4. The molecule has 34 heteroatoms. The van der Waals surface area contributed by atoms with Crippen LogP contribution in [0.1, 0.15) is 99.2 Å². The fourth-order valence-corrected chi connectivity index (χ4v) is 17.8. The largest absolute Gasteiger partial charge is 0.371 e. The van der Waals surface area contributed by atoms with E-state index in [1.165, 1.54) is 12.1 Å². The van der Waals surface area contributed by atoms with Crippen LogP contribution in [0.4, 0.5) is 34.4 Å². The van der Waals surface area contributed by atoms with Gasteiger partial charge in [-0.1, -0.05) is 0 Å². The average molecular weight is 1590 g/mol. The number of piperidine rings is 3. The zero-order valence-corrected chi connectivity index (χ0v) is 65.2. The van der Waals surface area contributed by atoms with Gasteiger partial charge in [0.05, 0.1) is 55.6 Å². The number of nitro groups is 2. The van der Waals surface area contributed by atoms with E-state index in [1.54, 1.807) is 60.9 Å². The first kappa shape index (κ1) is 79.2. The molecule has 4 aromatic heterocycles. The van der Waals surface area contributed by atoms with Crippen LogP contribution in [-0.4, -0.2) is 304 Å². The Morgan fingerprint density at radius 1 is 0.444 bits per heavy atom. The van der Waals surface area contributed by atoms with Crippen molar-refractivity contribution in [3.63, 3.8) is 0 Å². The fourth-order valence-electron chi connectivity index (χ4n) is 17.8. The number of aromatic nitrogens is 6. The third-order valence-corrected chi connectivity index (χ3v) is 24.8. The molecule has 0 bridgehead atoms. The van der Waals surface area contributed by atoms with Crippen LogP contribution in [0.15, 0.2) is 109 Å². The van der Waals surface area contributed by atoms with E-state index in [-0.39, 0.29) is 81.9 Å². The summed E-state index contributed by atoms with van der Waals surface area (Å²) in [6.45, 7) is 25.0. The quantitative estimate of drug-likeness (QED) is 0.0254. The molecule has 8 fully saturated rings. The van der Waals surface area contributed by atoms with Gasteiger partial charge in [0.25, 0.3) is 35.0 Å². The van der Waals surface area contributed by atoms with E-state index in [2.05, 4.69) is 85.1 Å². The van der Waals surface area contributed by atoms with Crippen molar-refractivity contribution in [1.29, 1.82) is 0 Å². The summed E-state index contributed by atoms with van der Waals surface area (Å²) in [6, 6.07) is 26.1. The Balaban J connectivity index is 0.000000146. The van der Waals surface area contributed by atoms with Crippen LogP contribution < -0.4 is 30.2 Å². The number of amides is 6. The molecule has 2 unspecified atom stereocenters. The lowest BCUT2D eigenvalue weighted by atomic mass is 9.92. The number of ketones is 2. The van der Waals surface area contributed by atoms with Crippen molar-refractivity contribution in [3.05, 3.63) is 152 Å². The molecule has 13 heterocycles. The maximum absolute atomic E-state index is 13.4. The van der Waals surface area contributed by atoms with Crippen LogP contribution in [-0.2, 0) is 24.0 Å². The number of H-pyrrole nitrogens is 2. The van der Waals surface area contributed by atoms with Crippen LogP contribution >= 0.6 is 0 Å². The summed E-state index contributed by atoms with van der Waals surface area (Å²) >= 11 is 0. The highest BCUT2D eigenvalue weighted by Gasteiger charge is 2.47. The number of Topliss-reactive ketones (excluding diaryl/α,β-unsaturated/α-hetero) is 2. The molecule has 117 heavy (non-hydrogen) atoms. The van der Waals surface area contributed by atoms with E-state index in [0.717, 1.165) is 248 Å². The van der Waals surface area contributed by atoms with Crippen molar-refractivity contribution >= 4 is 109 Å². The Morgan fingerprint density at radius 2 is 0.889 bits per heavy atom. The van der Waals surface area contributed by atoms with Gasteiger partial charge >= 0.3 is 0 Å². The lowest BCUT2D eigenvalue weighted by molar-refractivity contribution is -0.384. The third kappa shape index (κ3) is 17.4. The number of pyridine rings is 2. The molecule has 1 saturated carbocycles. The fraction of sp³-hybridized carbons (Fsp3) is 0.458. The molecule has 7 saturated heterocycles. The number of hydrogen-bond acceptors (Lipinski definition) is 27. The third-order valence-electron chi connectivity index (χ3n) is 24.8. The van der Waals surface area contributed by atoms with E-state index < -0.39 is 47.5 Å². The molecule has 18 rings (SSSR count). The van der Waals surface area contributed by atoms with Crippen LogP contribution in [0.3, 0.4) is 0 Å². The van der Waals surface area contributed by atoms with Gasteiger partial charge in [-0.2, -0.15) is 10.2 Å². The summed E-state index contributed by atoms with van der Waals surface area (Å²) in [7, 11) is 0. The molecular weight excluding hydrogens is 1500 g/mol. The number of anilines is 4. The topological polar surface area (TPSA) is 383 Å². The second-order valence-electron chi connectivity index (χ2n) is 31.8.